The van der Waals surface area contributed by atoms with E-state index in [9.17, 15) is 9.90 Å². The number of ether oxygens (including phenoxy) is 1. The topological polar surface area (TPSA) is 76.4 Å². The van der Waals surface area contributed by atoms with Crippen molar-refractivity contribution in [2.45, 2.75) is 51.9 Å². The summed E-state index contributed by atoms with van der Waals surface area (Å²) in [6, 6.07) is 9.66. The maximum atomic E-state index is 12.0. The summed E-state index contributed by atoms with van der Waals surface area (Å²) in [6.07, 6.45) is -1.21. The van der Waals surface area contributed by atoms with E-state index in [2.05, 4.69) is 26.3 Å². The number of halogens is 2. The molecule has 8 heteroatoms. The number of carboxylic acid groups (broad SMARTS) is 1. The first-order valence-electron chi connectivity index (χ1n) is 8.84. The van der Waals surface area contributed by atoms with Crippen LogP contribution in [0.2, 0.25) is 0 Å². The third-order valence-corrected chi connectivity index (χ3v) is 5.17. The Kier molecular flexibility index (Phi) is 5.38. The molecule has 2 N–H and O–H groups in total. The van der Waals surface area contributed by atoms with Gasteiger partial charge in [0.2, 0.25) is 0 Å². The molecule has 0 amide bonds. The molecular formula is C20H23BrClN3O3. The zero-order chi connectivity index (χ0) is 20.9. The molecule has 0 aliphatic carbocycles. The molecule has 28 heavy (non-hydrogen) atoms. The average molecular weight is 469 g/mol. The number of anilines is 1. The first-order chi connectivity index (χ1) is 12.9. The standard InChI is InChI=1S/C20H23BrClN3O3/c1-19(2,3)28-16(18(26)27)15-17(22)25-14(23-20(15,4)5)10-13(24-25)11-7-6-8-12(21)9-11/h6-10,16,23H,1-5H3,(H,26,27). The summed E-state index contributed by atoms with van der Waals surface area (Å²) < 4.78 is 8.31. The lowest BCUT2D eigenvalue weighted by Gasteiger charge is -2.39. The van der Waals surface area contributed by atoms with Crippen molar-refractivity contribution < 1.29 is 14.6 Å². The molecular weight excluding hydrogens is 446 g/mol. The number of aliphatic carboxylic acids is 1. The highest BCUT2D eigenvalue weighted by molar-refractivity contribution is 9.10. The van der Waals surface area contributed by atoms with Crippen molar-refractivity contribution in [1.82, 2.24) is 9.78 Å². The number of fused-ring (bicyclic) bond motifs is 1. The number of carbonyl (C=O) groups is 1. The Hall–Kier alpha value is -1.83. The Morgan fingerprint density at radius 2 is 2.04 bits per heavy atom. The first-order valence-corrected chi connectivity index (χ1v) is 10.0. The molecule has 6 nitrogen and oxygen atoms in total. The van der Waals surface area contributed by atoms with Gasteiger partial charge >= 0.3 is 5.97 Å². The predicted octanol–water partition coefficient (Wildman–Crippen LogP) is 5.19. The lowest BCUT2D eigenvalue weighted by molar-refractivity contribution is -0.156. The molecule has 150 valence electrons. The van der Waals surface area contributed by atoms with Crippen molar-refractivity contribution in [2.24, 2.45) is 0 Å². The SMILES string of the molecule is CC(C)(C)OC(C(=O)O)C1=C(Cl)n2nc(-c3cccc(Br)c3)cc2NC1(C)C. The summed E-state index contributed by atoms with van der Waals surface area (Å²) in [5.41, 5.74) is 0.670. The van der Waals surface area contributed by atoms with E-state index in [1.165, 1.54) is 4.68 Å². The van der Waals surface area contributed by atoms with Gasteiger partial charge < -0.3 is 15.2 Å². The van der Waals surface area contributed by atoms with Crippen molar-refractivity contribution in [1.29, 1.82) is 0 Å². The van der Waals surface area contributed by atoms with Crippen molar-refractivity contribution in [3.05, 3.63) is 40.4 Å². The number of benzene rings is 1. The van der Waals surface area contributed by atoms with Gasteiger partial charge in [-0.1, -0.05) is 39.7 Å². The number of nitrogens with one attached hydrogen (secondary N) is 1. The zero-order valence-corrected chi connectivity index (χ0v) is 18.7. The van der Waals surface area contributed by atoms with E-state index < -0.39 is 23.2 Å². The predicted molar refractivity (Wildman–Crippen MR) is 114 cm³/mol. The van der Waals surface area contributed by atoms with Crippen LogP contribution in [0.1, 0.15) is 34.6 Å². The summed E-state index contributed by atoms with van der Waals surface area (Å²) in [6.45, 7) is 9.19. The van der Waals surface area contributed by atoms with Crippen LogP contribution in [-0.4, -0.2) is 38.1 Å². The Morgan fingerprint density at radius 1 is 1.36 bits per heavy atom. The summed E-state index contributed by atoms with van der Waals surface area (Å²) in [4.78, 5) is 12.0. The fourth-order valence-corrected chi connectivity index (χ4v) is 4.05. The summed E-state index contributed by atoms with van der Waals surface area (Å²) in [5.74, 6) is -0.408. The molecule has 0 saturated heterocycles. The van der Waals surface area contributed by atoms with Crippen molar-refractivity contribution in [3.8, 4) is 11.3 Å². The molecule has 1 aliphatic heterocycles. The second-order valence-corrected chi connectivity index (χ2v) is 9.51. The summed E-state index contributed by atoms with van der Waals surface area (Å²) in [7, 11) is 0. The minimum Gasteiger partial charge on any atom is -0.479 e. The van der Waals surface area contributed by atoms with Gasteiger partial charge in [-0.05, 0) is 46.8 Å². The smallest absolute Gasteiger partial charge is 0.337 e. The van der Waals surface area contributed by atoms with Gasteiger partial charge in [0.05, 0.1) is 16.8 Å². The molecule has 0 spiro atoms. The summed E-state index contributed by atoms with van der Waals surface area (Å²) in [5, 5.41) is 18.0. The molecule has 3 rings (SSSR count). The van der Waals surface area contributed by atoms with Crippen LogP contribution >= 0.6 is 27.5 Å². The number of aromatic nitrogens is 2. The Morgan fingerprint density at radius 3 is 2.61 bits per heavy atom. The number of carboxylic acids is 1. The van der Waals surface area contributed by atoms with Crippen molar-refractivity contribution in [3.63, 3.8) is 0 Å². The monoisotopic (exact) mass is 467 g/mol. The van der Waals surface area contributed by atoms with E-state index in [0.29, 0.717) is 11.4 Å². The van der Waals surface area contributed by atoms with Crippen LogP contribution in [0, 0.1) is 0 Å². The van der Waals surface area contributed by atoms with E-state index in [0.717, 1.165) is 15.7 Å². The molecule has 0 saturated carbocycles. The highest BCUT2D eigenvalue weighted by Gasteiger charge is 2.43. The molecule has 2 heterocycles. The van der Waals surface area contributed by atoms with E-state index in [1.54, 1.807) is 0 Å². The number of hydrogen-bond donors (Lipinski definition) is 2. The van der Waals surface area contributed by atoms with Crippen molar-refractivity contribution in [2.75, 3.05) is 5.32 Å². The molecule has 1 aromatic heterocycles. The van der Waals surface area contributed by atoms with Crippen LogP contribution < -0.4 is 5.32 Å². The van der Waals surface area contributed by atoms with Gasteiger partial charge in [-0.25, -0.2) is 9.48 Å². The van der Waals surface area contributed by atoms with Gasteiger partial charge in [0.1, 0.15) is 11.0 Å². The molecule has 0 bridgehead atoms. The van der Waals surface area contributed by atoms with Gasteiger partial charge in [-0.2, -0.15) is 5.10 Å². The zero-order valence-electron chi connectivity index (χ0n) is 16.4. The second-order valence-electron chi connectivity index (χ2n) is 8.24. The van der Waals surface area contributed by atoms with Gasteiger partial charge in [-0.15, -0.1) is 0 Å². The number of nitrogens with zero attached hydrogens (tertiary/aromatic N) is 2. The normalized spacial score (nSPS) is 17.1. The van der Waals surface area contributed by atoms with E-state index in [1.807, 2.05) is 65.0 Å². The molecule has 0 fully saturated rings. The van der Waals surface area contributed by atoms with Gasteiger partial charge in [0.25, 0.3) is 0 Å². The third kappa shape index (κ3) is 4.11. The minimum atomic E-state index is -1.21. The number of hydrogen-bond acceptors (Lipinski definition) is 4. The third-order valence-electron chi connectivity index (χ3n) is 4.31. The largest absolute Gasteiger partial charge is 0.479 e. The Labute approximate surface area is 177 Å². The highest BCUT2D eigenvalue weighted by atomic mass is 79.9. The maximum absolute atomic E-state index is 12.0. The second kappa shape index (κ2) is 7.21. The van der Waals surface area contributed by atoms with Crippen LogP contribution in [-0.2, 0) is 9.53 Å². The van der Waals surface area contributed by atoms with E-state index in [-0.39, 0.29) is 5.16 Å². The Bertz CT molecular complexity index is 960. The molecule has 1 unspecified atom stereocenters. The van der Waals surface area contributed by atoms with Crippen LogP contribution in [0.25, 0.3) is 16.4 Å². The quantitative estimate of drug-likeness (QED) is 0.645. The van der Waals surface area contributed by atoms with Crippen LogP contribution in [0.15, 0.2) is 40.4 Å². The van der Waals surface area contributed by atoms with E-state index in [4.69, 9.17) is 16.3 Å². The van der Waals surface area contributed by atoms with Gasteiger partial charge in [0, 0.05) is 21.7 Å². The fraction of sp³-hybridized carbons (Fsp3) is 0.400. The van der Waals surface area contributed by atoms with E-state index >= 15 is 0 Å². The fourth-order valence-electron chi connectivity index (χ4n) is 3.19. The maximum Gasteiger partial charge on any atom is 0.337 e. The molecule has 1 atom stereocenters. The van der Waals surface area contributed by atoms with Crippen LogP contribution in [0.5, 0.6) is 0 Å². The number of rotatable bonds is 4. The lowest BCUT2D eigenvalue weighted by Crippen LogP contribution is -2.47. The van der Waals surface area contributed by atoms with Gasteiger partial charge in [-0.3, -0.25) is 0 Å². The first kappa shape index (κ1) is 20.9. The molecule has 2 aromatic rings. The summed E-state index contributed by atoms with van der Waals surface area (Å²) >= 11 is 10.2. The lowest BCUT2D eigenvalue weighted by atomic mass is 9.88. The highest BCUT2D eigenvalue weighted by Crippen LogP contribution is 2.40. The molecule has 0 radical (unpaired) electrons. The molecule has 1 aromatic carbocycles. The average Bonchev–Trinajstić information content (AvgIpc) is 2.95. The molecule has 1 aliphatic rings. The Balaban J connectivity index is 2.13. The minimum absolute atomic E-state index is 0.233. The van der Waals surface area contributed by atoms with Crippen LogP contribution in [0.3, 0.4) is 0 Å². The van der Waals surface area contributed by atoms with Crippen molar-refractivity contribution >= 4 is 44.5 Å². The van der Waals surface area contributed by atoms with Gasteiger partial charge in [0.15, 0.2) is 6.10 Å². The van der Waals surface area contributed by atoms with Crippen LogP contribution in [0.4, 0.5) is 5.82 Å².